The standard InChI is InChI=1S/C11H13Br/c1-3-5-10-6-9(4-2)7-11(12)8-10/h3,6-8H,1,4-5H2,2H3. The zero-order chi connectivity index (χ0) is 8.97. The van der Waals surface area contributed by atoms with Crippen LogP contribution < -0.4 is 0 Å². The predicted molar refractivity (Wildman–Crippen MR) is 57.4 cm³/mol. The molecule has 1 heteroatoms. The van der Waals surface area contributed by atoms with Gasteiger partial charge in [-0.1, -0.05) is 35.0 Å². The lowest BCUT2D eigenvalue weighted by molar-refractivity contribution is 1.11. The Labute approximate surface area is 82.4 Å². The summed E-state index contributed by atoms with van der Waals surface area (Å²) >= 11 is 3.49. The second kappa shape index (κ2) is 4.46. The van der Waals surface area contributed by atoms with E-state index < -0.39 is 0 Å². The molecule has 0 atom stereocenters. The van der Waals surface area contributed by atoms with Crippen molar-refractivity contribution in [3.05, 3.63) is 46.5 Å². The highest BCUT2D eigenvalue weighted by Crippen LogP contribution is 2.16. The normalized spacial score (nSPS) is 9.83. The summed E-state index contributed by atoms with van der Waals surface area (Å²) in [6.07, 6.45) is 3.97. The van der Waals surface area contributed by atoms with E-state index in [1.54, 1.807) is 0 Å². The van der Waals surface area contributed by atoms with E-state index in [-0.39, 0.29) is 0 Å². The zero-order valence-corrected chi connectivity index (χ0v) is 8.89. The quantitative estimate of drug-likeness (QED) is 0.687. The molecule has 0 radical (unpaired) electrons. The van der Waals surface area contributed by atoms with Crippen LogP contribution in [0.5, 0.6) is 0 Å². The van der Waals surface area contributed by atoms with E-state index in [0.29, 0.717) is 0 Å². The van der Waals surface area contributed by atoms with Gasteiger partial charge in [-0.15, -0.1) is 6.58 Å². The highest BCUT2D eigenvalue weighted by atomic mass is 79.9. The van der Waals surface area contributed by atoms with Crippen molar-refractivity contribution in [1.29, 1.82) is 0 Å². The molecular weight excluding hydrogens is 212 g/mol. The molecule has 0 saturated heterocycles. The van der Waals surface area contributed by atoms with Crippen molar-refractivity contribution in [1.82, 2.24) is 0 Å². The lowest BCUT2D eigenvalue weighted by Crippen LogP contribution is -1.86. The van der Waals surface area contributed by atoms with Crippen LogP contribution in [0, 0.1) is 0 Å². The minimum absolute atomic E-state index is 0.951. The van der Waals surface area contributed by atoms with E-state index in [0.717, 1.165) is 12.8 Å². The number of allylic oxidation sites excluding steroid dienone is 1. The number of benzene rings is 1. The molecule has 0 nitrogen and oxygen atoms in total. The van der Waals surface area contributed by atoms with Crippen molar-refractivity contribution in [3.8, 4) is 0 Å². The maximum absolute atomic E-state index is 3.73. The Kier molecular flexibility index (Phi) is 3.54. The van der Waals surface area contributed by atoms with Crippen LogP contribution in [0.4, 0.5) is 0 Å². The second-order valence-corrected chi connectivity index (χ2v) is 3.73. The number of rotatable bonds is 3. The summed E-state index contributed by atoms with van der Waals surface area (Å²) in [5.41, 5.74) is 2.71. The second-order valence-electron chi connectivity index (χ2n) is 2.81. The Morgan fingerprint density at radius 2 is 2.00 bits per heavy atom. The van der Waals surface area contributed by atoms with Gasteiger partial charge in [0, 0.05) is 4.47 Å². The van der Waals surface area contributed by atoms with Gasteiger partial charge < -0.3 is 0 Å². The molecule has 0 N–H and O–H groups in total. The average molecular weight is 225 g/mol. The monoisotopic (exact) mass is 224 g/mol. The van der Waals surface area contributed by atoms with Crippen LogP contribution in [-0.4, -0.2) is 0 Å². The molecule has 0 spiro atoms. The summed E-state index contributed by atoms with van der Waals surface area (Å²) in [5, 5.41) is 0. The van der Waals surface area contributed by atoms with E-state index in [4.69, 9.17) is 0 Å². The third kappa shape index (κ3) is 2.49. The first-order valence-corrected chi connectivity index (χ1v) is 4.94. The van der Waals surface area contributed by atoms with E-state index >= 15 is 0 Å². The number of hydrogen-bond acceptors (Lipinski definition) is 0. The van der Waals surface area contributed by atoms with Gasteiger partial charge in [-0.25, -0.2) is 0 Å². The first kappa shape index (κ1) is 9.53. The molecule has 12 heavy (non-hydrogen) atoms. The highest BCUT2D eigenvalue weighted by Gasteiger charge is 1.95. The summed E-state index contributed by atoms with van der Waals surface area (Å²) in [5.74, 6) is 0. The molecule has 0 amide bonds. The van der Waals surface area contributed by atoms with Crippen LogP contribution in [0.25, 0.3) is 0 Å². The van der Waals surface area contributed by atoms with Crippen LogP contribution in [0.2, 0.25) is 0 Å². The highest BCUT2D eigenvalue weighted by molar-refractivity contribution is 9.10. The fraction of sp³-hybridized carbons (Fsp3) is 0.273. The van der Waals surface area contributed by atoms with Gasteiger partial charge in [0.05, 0.1) is 0 Å². The first-order chi connectivity index (χ1) is 5.76. The molecule has 0 bridgehead atoms. The van der Waals surface area contributed by atoms with Crippen LogP contribution in [0.3, 0.4) is 0 Å². The molecule has 0 aliphatic heterocycles. The van der Waals surface area contributed by atoms with E-state index in [1.807, 2.05) is 6.08 Å². The molecule has 0 heterocycles. The fourth-order valence-corrected chi connectivity index (χ4v) is 1.79. The number of halogens is 1. The molecule has 1 aromatic rings. The van der Waals surface area contributed by atoms with Crippen LogP contribution in [-0.2, 0) is 12.8 Å². The fourth-order valence-electron chi connectivity index (χ4n) is 1.21. The first-order valence-electron chi connectivity index (χ1n) is 4.15. The van der Waals surface area contributed by atoms with Crippen molar-refractivity contribution in [2.24, 2.45) is 0 Å². The van der Waals surface area contributed by atoms with E-state index in [2.05, 4.69) is 47.6 Å². The Balaban J connectivity index is 2.97. The van der Waals surface area contributed by atoms with Crippen LogP contribution >= 0.6 is 15.9 Å². The lowest BCUT2D eigenvalue weighted by Gasteiger charge is -2.02. The molecule has 0 aliphatic carbocycles. The van der Waals surface area contributed by atoms with Gasteiger partial charge in [0.2, 0.25) is 0 Å². The summed E-state index contributed by atoms with van der Waals surface area (Å²) < 4.78 is 1.17. The predicted octanol–water partition coefficient (Wildman–Crippen LogP) is 3.74. The third-order valence-electron chi connectivity index (χ3n) is 1.81. The van der Waals surface area contributed by atoms with Gasteiger partial charge in [-0.3, -0.25) is 0 Å². The van der Waals surface area contributed by atoms with Crippen LogP contribution in [0.15, 0.2) is 35.3 Å². The Bertz CT molecular complexity index is 276. The maximum Gasteiger partial charge on any atom is 0.0180 e. The molecular formula is C11H13Br. The van der Waals surface area contributed by atoms with Gasteiger partial charge in [0.15, 0.2) is 0 Å². The lowest BCUT2D eigenvalue weighted by atomic mass is 10.1. The van der Waals surface area contributed by atoms with Crippen molar-refractivity contribution in [3.63, 3.8) is 0 Å². The van der Waals surface area contributed by atoms with E-state index in [1.165, 1.54) is 15.6 Å². The molecule has 64 valence electrons. The molecule has 0 aliphatic rings. The van der Waals surface area contributed by atoms with Crippen molar-refractivity contribution in [2.45, 2.75) is 19.8 Å². The van der Waals surface area contributed by atoms with Crippen molar-refractivity contribution >= 4 is 15.9 Å². The minimum atomic E-state index is 0.951. The van der Waals surface area contributed by atoms with Gasteiger partial charge in [0.25, 0.3) is 0 Å². The Morgan fingerprint density at radius 1 is 1.33 bits per heavy atom. The maximum atomic E-state index is 3.73. The van der Waals surface area contributed by atoms with Gasteiger partial charge >= 0.3 is 0 Å². The molecule has 0 fully saturated rings. The summed E-state index contributed by atoms with van der Waals surface area (Å²) in [6, 6.07) is 6.53. The van der Waals surface area contributed by atoms with Gasteiger partial charge in [-0.2, -0.15) is 0 Å². The largest absolute Gasteiger partial charge is 0.103 e. The Morgan fingerprint density at radius 3 is 2.58 bits per heavy atom. The number of aryl methyl sites for hydroxylation is 1. The third-order valence-corrected chi connectivity index (χ3v) is 2.26. The van der Waals surface area contributed by atoms with Crippen molar-refractivity contribution < 1.29 is 0 Å². The average Bonchev–Trinajstić information content (AvgIpc) is 2.04. The van der Waals surface area contributed by atoms with E-state index in [9.17, 15) is 0 Å². The Hall–Kier alpha value is -0.560. The summed E-state index contributed by atoms with van der Waals surface area (Å²) in [4.78, 5) is 0. The molecule has 0 saturated carbocycles. The smallest absolute Gasteiger partial charge is 0.0180 e. The SMILES string of the molecule is C=CCc1cc(Br)cc(CC)c1. The van der Waals surface area contributed by atoms with Gasteiger partial charge in [-0.05, 0) is 36.1 Å². The van der Waals surface area contributed by atoms with Crippen LogP contribution in [0.1, 0.15) is 18.1 Å². The minimum Gasteiger partial charge on any atom is -0.103 e. The molecule has 0 unspecified atom stereocenters. The van der Waals surface area contributed by atoms with Gasteiger partial charge in [0.1, 0.15) is 0 Å². The molecule has 0 aromatic heterocycles. The summed E-state index contributed by atoms with van der Waals surface area (Å²) in [7, 11) is 0. The summed E-state index contributed by atoms with van der Waals surface area (Å²) in [6.45, 7) is 5.89. The topological polar surface area (TPSA) is 0 Å². The molecule has 1 rings (SSSR count). The van der Waals surface area contributed by atoms with Crippen molar-refractivity contribution in [2.75, 3.05) is 0 Å². The number of hydrogen-bond donors (Lipinski definition) is 0. The molecule has 1 aromatic carbocycles. The zero-order valence-electron chi connectivity index (χ0n) is 7.31.